The Labute approximate surface area is 184 Å². The molecule has 2 atom stereocenters. The molecule has 1 saturated heterocycles. The summed E-state index contributed by atoms with van der Waals surface area (Å²) < 4.78 is 5.31. The van der Waals surface area contributed by atoms with Gasteiger partial charge in [0.2, 0.25) is 11.8 Å². The molecular formula is C20H32Cl2N4O3. The number of nitrogens with one attached hydrogen (secondary N) is 2. The number of anilines is 1. The van der Waals surface area contributed by atoms with Crippen LogP contribution in [0.25, 0.3) is 0 Å². The van der Waals surface area contributed by atoms with Gasteiger partial charge < -0.3 is 21.1 Å². The van der Waals surface area contributed by atoms with Gasteiger partial charge in [0.15, 0.2) is 0 Å². The number of morpholine rings is 1. The zero-order valence-corrected chi connectivity index (χ0v) is 18.2. The Morgan fingerprint density at radius 1 is 1.17 bits per heavy atom. The van der Waals surface area contributed by atoms with Crippen molar-refractivity contribution >= 4 is 42.3 Å². The van der Waals surface area contributed by atoms with Crippen LogP contribution in [0.5, 0.6) is 0 Å². The summed E-state index contributed by atoms with van der Waals surface area (Å²) in [6, 6.07) is 7.77. The van der Waals surface area contributed by atoms with Crippen molar-refractivity contribution in [3.8, 4) is 0 Å². The third-order valence-electron chi connectivity index (χ3n) is 5.28. The van der Waals surface area contributed by atoms with Crippen molar-refractivity contribution in [1.29, 1.82) is 0 Å². The van der Waals surface area contributed by atoms with E-state index in [0.29, 0.717) is 13.0 Å². The number of carbonyl (C=O) groups excluding carboxylic acids is 2. The molecule has 1 aliphatic heterocycles. The van der Waals surface area contributed by atoms with Gasteiger partial charge in [0.05, 0.1) is 13.2 Å². The van der Waals surface area contributed by atoms with Crippen LogP contribution in [-0.4, -0.2) is 55.6 Å². The Morgan fingerprint density at radius 2 is 1.93 bits per heavy atom. The summed E-state index contributed by atoms with van der Waals surface area (Å²) in [5, 5.41) is 5.93. The average molecular weight is 447 g/mol. The summed E-state index contributed by atoms with van der Waals surface area (Å²) in [5.41, 5.74) is 7.61. The maximum Gasteiger partial charge on any atom is 0.225 e. The van der Waals surface area contributed by atoms with Gasteiger partial charge in [-0.05, 0) is 37.0 Å². The van der Waals surface area contributed by atoms with Gasteiger partial charge in [-0.3, -0.25) is 14.5 Å². The molecule has 2 unspecified atom stereocenters. The third-order valence-corrected chi connectivity index (χ3v) is 5.28. The second kappa shape index (κ2) is 13.0. The minimum absolute atomic E-state index is 0. The number of carbonyl (C=O) groups is 2. The Bertz CT molecular complexity index is 656. The molecule has 1 aromatic carbocycles. The molecule has 164 valence electrons. The number of benzene rings is 1. The number of hydrogen-bond donors (Lipinski definition) is 3. The second-order valence-electron chi connectivity index (χ2n) is 7.44. The Kier molecular flexibility index (Phi) is 11.5. The highest BCUT2D eigenvalue weighted by Crippen LogP contribution is 2.24. The Balaban J connectivity index is 0.00000210. The molecule has 2 aliphatic rings. The molecule has 0 aromatic heterocycles. The molecule has 2 fully saturated rings. The van der Waals surface area contributed by atoms with Crippen LogP contribution >= 0.6 is 24.8 Å². The minimum atomic E-state index is 0. The van der Waals surface area contributed by atoms with Gasteiger partial charge in [-0.15, -0.1) is 24.8 Å². The molecule has 0 bridgehead atoms. The number of hydrogen-bond acceptors (Lipinski definition) is 5. The fraction of sp³-hybridized carbons (Fsp3) is 0.600. The standard InChI is InChI=1S/C20H30N4O3.2ClH/c21-17-5-4-16(13-17)20(26)22-14-15-2-1-3-18(12-15)23-19(25)6-7-24-8-10-27-11-9-24;;/h1-3,12,16-17H,4-11,13-14,21H2,(H,22,26)(H,23,25);2*1H. The lowest BCUT2D eigenvalue weighted by molar-refractivity contribution is -0.125. The first kappa shape index (κ1) is 25.7. The highest BCUT2D eigenvalue weighted by molar-refractivity contribution is 5.90. The molecule has 3 rings (SSSR count). The molecule has 4 N–H and O–H groups in total. The Morgan fingerprint density at radius 3 is 2.62 bits per heavy atom. The number of amides is 2. The van der Waals surface area contributed by atoms with Crippen molar-refractivity contribution in [2.24, 2.45) is 11.7 Å². The summed E-state index contributed by atoms with van der Waals surface area (Å²) in [4.78, 5) is 26.6. The first-order chi connectivity index (χ1) is 13.1. The van der Waals surface area contributed by atoms with E-state index >= 15 is 0 Å². The summed E-state index contributed by atoms with van der Waals surface area (Å²) in [6.07, 6.45) is 3.02. The van der Waals surface area contributed by atoms with Crippen LogP contribution in [0.3, 0.4) is 0 Å². The zero-order valence-electron chi connectivity index (χ0n) is 16.6. The molecule has 1 heterocycles. The van der Waals surface area contributed by atoms with E-state index in [1.54, 1.807) is 0 Å². The third kappa shape index (κ3) is 8.48. The molecule has 1 saturated carbocycles. The number of nitrogens with two attached hydrogens (primary N) is 1. The van der Waals surface area contributed by atoms with Crippen LogP contribution in [0.2, 0.25) is 0 Å². The number of nitrogens with zero attached hydrogens (tertiary/aromatic N) is 1. The maximum atomic E-state index is 12.2. The minimum Gasteiger partial charge on any atom is -0.379 e. The lowest BCUT2D eigenvalue weighted by Gasteiger charge is -2.26. The Hall–Kier alpha value is -1.38. The van der Waals surface area contributed by atoms with Crippen molar-refractivity contribution in [3.63, 3.8) is 0 Å². The number of ether oxygens (including phenoxy) is 1. The van der Waals surface area contributed by atoms with Gasteiger partial charge in [-0.1, -0.05) is 12.1 Å². The summed E-state index contributed by atoms with van der Waals surface area (Å²) >= 11 is 0. The highest BCUT2D eigenvalue weighted by atomic mass is 35.5. The van der Waals surface area contributed by atoms with Crippen LogP contribution in [0.15, 0.2) is 24.3 Å². The van der Waals surface area contributed by atoms with Crippen molar-refractivity contribution in [3.05, 3.63) is 29.8 Å². The van der Waals surface area contributed by atoms with Crippen molar-refractivity contribution in [2.75, 3.05) is 38.2 Å². The van der Waals surface area contributed by atoms with E-state index in [-0.39, 0.29) is 48.6 Å². The number of rotatable bonds is 7. The largest absolute Gasteiger partial charge is 0.379 e. The SMILES string of the molecule is Cl.Cl.NC1CCC(C(=O)NCc2cccc(NC(=O)CCN3CCOCC3)c2)C1. The molecule has 1 aromatic rings. The van der Waals surface area contributed by atoms with Crippen LogP contribution in [0.1, 0.15) is 31.2 Å². The average Bonchev–Trinajstić information content (AvgIpc) is 3.12. The smallest absolute Gasteiger partial charge is 0.225 e. The van der Waals surface area contributed by atoms with E-state index in [2.05, 4.69) is 15.5 Å². The zero-order chi connectivity index (χ0) is 19.1. The van der Waals surface area contributed by atoms with Gasteiger partial charge >= 0.3 is 0 Å². The van der Waals surface area contributed by atoms with Gasteiger partial charge in [0, 0.05) is 50.2 Å². The molecule has 7 nitrogen and oxygen atoms in total. The first-order valence-electron chi connectivity index (χ1n) is 9.82. The van der Waals surface area contributed by atoms with Crippen molar-refractivity contribution in [2.45, 2.75) is 38.3 Å². The fourth-order valence-corrected chi connectivity index (χ4v) is 3.66. The highest BCUT2D eigenvalue weighted by Gasteiger charge is 2.27. The van der Waals surface area contributed by atoms with Crippen LogP contribution in [0, 0.1) is 5.92 Å². The van der Waals surface area contributed by atoms with Crippen LogP contribution < -0.4 is 16.4 Å². The quantitative estimate of drug-likeness (QED) is 0.594. The molecule has 2 amide bonds. The maximum absolute atomic E-state index is 12.2. The first-order valence-corrected chi connectivity index (χ1v) is 9.82. The topological polar surface area (TPSA) is 96.7 Å². The van der Waals surface area contributed by atoms with Gasteiger partial charge in [-0.2, -0.15) is 0 Å². The van der Waals surface area contributed by atoms with E-state index in [9.17, 15) is 9.59 Å². The summed E-state index contributed by atoms with van der Waals surface area (Å²) in [5.74, 6) is 0.105. The van der Waals surface area contributed by atoms with E-state index in [1.807, 2.05) is 24.3 Å². The van der Waals surface area contributed by atoms with Crippen LogP contribution in [-0.2, 0) is 20.9 Å². The normalized spacial score (nSPS) is 21.6. The van der Waals surface area contributed by atoms with E-state index in [0.717, 1.165) is 63.4 Å². The summed E-state index contributed by atoms with van der Waals surface area (Å²) in [6.45, 7) is 4.45. The monoisotopic (exact) mass is 446 g/mol. The lowest BCUT2D eigenvalue weighted by atomic mass is 10.1. The van der Waals surface area contributed by atoms with E-state index < -0.39 is 0 Å². The van der Waals surface area contributed by atoms with Crippen LogP contribution in [0.4, 0.5) is 5.69 Å². The molecule has 9 heteroatoms. The van der Waals surface area contributed by atoms with Gasteiger partial charge in [0.25, 0.3) is 0 Å². The van der Waals surface area contributed by atoms with E-state index in [4.69, 9.17) is 10.5 Å². The molecule has 0 radical (unpaired) electrons. The molecule has 1 aliphatic carbocycles. The lowest BCUT2D eigenvalue weighted by Crippen LogP contribution is -2.38. The van der Waals surface area contributed by atoms with Crippen molar-refractivity contribution < 1.29 is 14.3 Å². The fourth-order valence-electron chi connectivity index (χ4n) is 3.66. The molecular weight excluding hydrogens is 415 g/mol. The van der Waals surface area contributed by atoms with Gasteiger partial charge in [0.1, 0.15) is 0 Å². The molecule has 29 heavy (non-hydrogen) atoms. The second-order valence-corrected chi connectivity index (χ2v) is 7.44. The van der Waals surface area contributed by atoms with Crippen molar-refractivity contribution in [1.82, 2.24) is 10.2 Å². The number of halogens is 2. The van der Waals surface area contributed by atoms with Gasteiger partial charge in [-0.25, -0.2) is 0 Å². The predicted molar refractivity (Wildman–Crippen MR) is 119 cm³/mol. The predicted octanol–water partition coefficient (Wildman–Crippen LogP) is 1.93. The summed E-state index contributed by atoms with van der Waals surface area (Å²) in [7, 11) is 0. The van der Waals surface area contributed by atoms with E-state index in [1.165, 1.54) is 0 Å². The molecule has 0 spiro atoms.